The van der Waals surface area contributed by atoms with E-state index in [1.807, 2.05) is 38.1 Å². The van der Waals surface area contributed by atoms with E-state index in [1.165, 1.54) is 0 Å². The van der Waals surface area contributed by atoms with Crippen molar-refractivity contribution in [2.24, 2.45) is 0 Å². The van der Waals surface area contributed by atoms with Gasteiger partial charge in [0.05, 0.1) is 11.7 Å². The molecular weight excluding hydrogens is 202 g/mol. The third-order valence-corrected chi connectivity index (χ3v) is 2.92. The lowest BCUT2D eigenvalue weighted by molar-refractivity contribution is -0.118. The second-order valence-electron chi connectivity index (χ2n) is 4.80. The Hall–Kier alpha value is -1.51. The normalized spacial score (nSPS) is 21.6. The highest BCUT2D eigenvalue weighted by atomic mass is 16.5. The lowest BCUT2D eigenvalue weighted by Crippen LogP contribution is -2.50. The van der Waals surface area contributed by atoms with Gasteiger partial charge in [0.25, 0.3) is 0 Å². The van der Waals surface area contributed by atoms with Crippen molar-refractivity contribution in [2.45, 2.75) is 38.8 Å². The van der Waals surface area contributed by atoms with Gasteiger partial charge in [0.15, 0.2) is 0 Å². The monoisotopic (exact) mass is 219 g/mol. The minimum atomic E-state index is -0.361. The summed E-state index contributed by atoms with van der Waals surface area (Å²) in [4.78, 5) is 11.2. The molecule has 0 aliphatic carbocycles. The number of ether oxygens (including phenoxy) is 1. The summed E-state index contributed by atoms with van der Waals surface area (Å²) in [5, 5.41) is 3.37. The number of para-hydroxylation sites is 2. The highest BCUT2D eigenvalue weighted by molar-refractivity contribution is 5.77. The van der Waals surface area contributed by atoms with Crippen LogP contribution in [-0.4, -0.2) is 17.4 Å². The van der Waals surface area contributed by atoms with E-state index in [0.29, 0.717) is 6.42 Å². The third kappa shape index (κ3) is 2.03. The SMILES string of the molecule is CC(=O)C[C@H]1Nc2ccccc2OC1(C)C. The summed E-state index contributed by atoms with van der Waals surface area (Å²) in [6.07, 6.45) is 0.487. The predicted octanol–water partition coefficient (Wildman–Crippen LogP) is 2.62. The van der Waals surface area contributed by atoms with Gasteiger partial charge in [-0.15, -0.1) is 0 Å². The van der Waals surface area contributed by atoms with Crippen LogP contribution in [0.3, 0.4) is 0 Å². The van der Waals surface area contributed by atoms with Crippen LogP contribution in [0.2, 0.25) is 0 Å². The molecule has 0 fully saturated rings. The first kappa shape index (κ1) is 11.0. The van der Waals surface area contributed by atoms with Crippen molar-refractivity contribution in [3.63, 3.8) is 0 Å². The van der Waals surface area contributed by atoms with Crippen molar-refractivity contribution >= 4 is 11.5 Å². The molecule has 1 aliphatic heterocycles. The number of hydrogen-bond donors (Lipinski definition) is 1. The second kappa shape index (κ2) is 3.81. The number of Topliss-reactive ketones (excluding diaryl/α,β-unsaturated/α-hetero) is 1. The van der Waals surface area contributed by atoms with Gasteiger partial charge in [-0.25, -0.2) is 0 Å². The average molecular weight is 219 g/mol. The molecule has 0 amide bonds. The molecular formula is C13H17NO2. The molecule has 16 heavy (non-hydrogen) atoms. The molecule has 0 unspecified atom stereocenters. The summed E-state index contributed by atoms with van der Waals surface area (Å²) in [5.41, 5.74) is 0.605. The molecule has 0 bridgehead atoms. The average Bonchev–Trinajstić information content (AvgIpc) is 2.17. The van der Waals surface area contributed by atoms with Gasteiger partial charge in [0.2, 0.25) is 0 Å². The molecule has 0 saturated carbocycles. The molecule has 1 aromatic carbocycles. The van der Waals surface area contributed by atoms with Crippen LogP contribution in [0.5, 0.6) is 5.75 Å². The first-order valence-corrected chi connectivity index (χ1v) is 5.53. The smallest absolute Gasteiger partial charge is 0.143 e. The summed E-state index contributed by atoms with van der Waals surface area (Å²) in [6.45, 7) is 5.62. The van der Waals surface area contributed by atoms with Gasteiger partial charge in [0.1, 0.15) is 17.1 Å². The van der Waals surface area contributed by atoms with Gasteiger partial charge in [-0.2, -0.15) is 0 Å². The van der Waals surface area contributed by atoms with Crippen molar-refractivity contribution in [1.29, 1.82) is 0 Å². The third-order valence-electron chi connectivity index (χ3n) is 2.92. The van der Waals surface area contributed by atoms with Crippen molar-refractivity contribution in [3.8, 4) is 5.75 Å². The summed E-state index contributed by atoms with van der Waals surface area (Å²) in [6, 6.07) is 7.84. The van der Waals surface area contributed by atoms with E-state index in [0.717, 1.165) is 11.4 Å². The fourth-order valence-corrected chi connectivity index (χ4v) is 1.98. The molecule has 1 N–H and O–H groups in total. The molecule has 2 rings (SSSR count). The molecule has 3 heteroatoms. The molecule has 3 nitrogen and oxygen atoms in total. The zero-order valence-electron chi connectivity index (χ0n) is 9.91. The van der Waals surface area contributed by atoms with Crippen LogP contribution >= 0.6 is 0 Å². The summed E-state index contributed by atoms with van der Waals surface area (Å²) < 4.78 is 5.92. The standard InChI is InChI=1S/C13H17NO2/c1-9(15)8-12-13(2,3)16-11-7-5-4-6-10(11)14-12/h4-7,12,14H,8H2,1-3H3/t12-/m1/s1. The Morgan fingerprint density at radius 1 is 1.44 bits per heavy atom. The van der Waals surface area contributed by atoms with E-state index in [9.17, 15) is 4.79 Å². The largest absolute Gasteiger partial charge is 0.484 e. The number of anilines is 1. The Balaban J connectivity index is 2.28. The topological polar surface area (TPSA) is 38.3 Å². The minimum absolute atomic E-state index is 0.0277. The van der Waals surface area contributed by atoms with Crippen LogP contribution < -0.4 is 10.1 Å². The Kier molecular flexibility index (Phi) is 2.62. The van der Waals surface area contributed by atoms with Gasteiger partial charge in [-0.3, -0.25) is 4.79 Å². The number of hydrogen-bond acceptors (Lipinski definition) is 3. The lowest BCUT2D eigenvalue weighted by atomic mass is 9.92. The maximum Gasteiger partial charge on any atom is 0.143 e. The lowest BCUT2D eigenvalue weighted by Gasteiger charge is -2.40. The van der Waals surface area contributed by atoms with E-state index < -0.39 is 0 Å². The molecule has 1 aliphatic rings. The molecule has 0 spiro atoms. The highest BCUT2D eigenvalue weighted by Crippen LogP contribution is 2.36. The van der Waals surface area contributed by atoms with Crippen molar-refractivity contribution < 1.29 is 9.53 Å². The zero-order valence-corrected chi connectivity index (χ0v) is 9.91. The summed E-state index contributed by atoms with van der Waals surface area (Å²) in [7, 11) is 0. The summed E-state index contributed by atoms with van der Waals surface area (Å²) in [5.74, 6) is 1.03. The molecule has 86 valence electrons. The van der Waals surface area contributed by atoms with Crippen LogP contribution in [0.15, 0.2) is 24.3 Å². The summed E-state index contributed by atoms with van der Waals surface area (Å²) >= 11 is 0. The number of carbonyl (C=O) groups is 1. The molecule has 1 aromatic rings. The van der Waals surface area contributed by atoms with E-state index in [4.69, 9.17) is 4.74 Å². The van der Waals surface area contributed by atoms with Crippen LogP contribution in [0.4, 0.5) is 5.69 Å². The Morgan fingerprint density at radius 2 is 2.12 bits per heavy atom. The Labute approximate surface area is 95.8 Å². The zero-order chi connectivity index (χ0) is 11.8. The first-order chi connectivity index (χ1) is 7.49. The van der Waals surface area contributed by atoms with E-state index in [1.54, 1.807) is 6.92 Å². The minimum Gasteiger partial charge on any atom is -0.484 e. The number of benzene rings is 1. The second-order valence-corrected chi connectivity index (χ2v) is 4.80. The number of rotatable bonds is 2. The van der Waals surface area contributed by atoms with Crippen molar-refractivity contribution in [1.82, 2.24) is 0 Å². The molecule has 1 heterocycles. The van der Waals surface area contributed by atoms with Crippen LogP contribution in [0.25, 0.3) is 0 Å². The first-order valence-electron chi connectivity index (χ1n) is 5.53. The van der Waals surface area contributed by atoms with E-state index in [2.05, 4.69) is 5.32 Å². The van der Waals surface area contributed by atoms with Gasteiger partial charge in [-0.1, -0.05) is 12.1 Å². The number of ketones is 1. The number of fused-ring (bicyclic) bond motifs is 1. The quantitative estimate of drug-likeness (QED) is 0.831. The predicted molar refractivity (Wildman–Crippen MR) is 63.9 cm³/mol. The molecule has 1 atom stereocenters. The molecule has 0 radical (unpaired) electrons. The molecule has 0 aromatic heterocycles. The van der Waals surface area contributed by atoms with Crippen LogP contribution in [0, 0.1) is 0 Å². The van der Waals surface area contributed by atoms with Crippen LogP contribution in [-0.2, 0) is 4.79 Å². The van der Waals surface area contributed by atoms with E-state index >= 15 is 0 Å². The Morgan fingerprint density at radius 3 is 2.81 bits per heavy atom. The van der Waals surface area contributed by atoms with Gasteiger partial charge < -0.3 is 10.1 Å². The Bertz CT molecular complexity index is 412. The van der Waals surface area contributed by atoms with Gasteiger partial charge >= 0.3 is 0 Å². The van der Waals surface area contributed by atoms with Crippen molar-refractivity contribution in [3.05, 3.63) is 24.3 Å². The van der Waals surface area contributed by atoms with Crippen LogP contribution in [0.1, 0.15) is 27.2 Å². The fraction of sp³-hybridized carbons (Fsp3) is 0.462. The molecule has 0 saturated heterocycles. The number of carbonyl (C=O) groups excluding carboxylic acids is 1. The maximum absolute atomic E-state index is 11.2. The maximum atomic E-state index is 11.2. The van der Waals surface area contributed by atoms with Gasteiger partial charge in [0, 0.05) is 6.42 Å². The number of nitrogens with one attached hydrogen (secondary N) is 1. The van der Waals surface area contributed by atoms with Gasteiger partial charge in [-0.05, 0) is 32.9 Å². The van der Waals surface area contributed by atoms with Crippen molar-refractivity contribution in [2.75, 3.05) is 5.32 Å². The fourth-order valence-electron chi connectivity index (χ4n) is 1.98. The van der Waals surface area contributed by atoms with E-state index in [-0.39, 0.29) is 17.4 Å². The highest BCUT2D eigenvalue weighted by Gasteiger charge is 2.36.